The second kappa shape index (κ2) is 7.22. The first-order valence-corrected chi connectivity index (χ1v) is 7.71. The molecule has 0 fully saturated rings. The van der Waals surface area contributed by atoms with Crippen molar-refractivity contribution >= 4 is 16.9 Å². The molecular weight excluding hydrogens is 250 g/mol. The molecule has 0 spiro atoms. The number of nitrogen functional groups attached to an aromatic ring is 1. The predicted molar refractivity (Wildman–Crippen MR) is 82.4 cm³/mol. The van der Waals surface area contributed by atoms with Gasteiger partial charge >= 0.3 is 0 Å². The molecule has 0 saturated heterocycles. The van der Waals surface area contributed by atoms with Gasteiger partial charge in [0.2, 0.25) is 0 Å². The fourth-order valence-corrected chi connectivity index (χ4v) is 2.63. The van der Waals surface area contributed by atoms with E-state index < -0.39 is 0 Å². The molecule has 1 unspecified atom stereocenters. The van der Waals surface area contributed by atoms with Gasteiger partial charge in [-0.3, -0.25) is 0 Å². The van der Waals surface area contributed by atoms with Crippen molar-refractivity contribution in [1.82, 2.24) is 19.7 Å². The van der Waals surface area contributed by atoms with Gasteiger partial charge in [-0.05, 0) is 12.8 Å². The molecule has 0 aliphatic rings. The van der Waals surface area contributed by atoms with Crippen molar-refractivity contribution in [2.45, 2.75) is 64.8 Å². The average Bonchev–Trinajstić information content (AvgIpc) is 2.88. The number of hydrogen-bond donors (Lipinski definition) is 1. The minimum atomic E-state index is 0.406. The highest BCUT2D eigenvalue weighted by atomic mass is 15.3. The Kier molecular flexibility index (Phi) is 5.32. The second-order valence-corrected chi connectivity index (χ2v) is 5.35. The molecular formula is C15H25N5. The van der Waals surface area contributed by atoms with Gasteiger partial charge in [0.05, 0.1) is 17.6 Å². The zero-order chi connectivity index (χ0) is 14.4. The third-order valence-electron chi connectivity index (χ3n) is 3.88. The molecule has 0 aromatic carbocycles. The summed E-state index contributed by atoms with van der Waals surface area (Å²) in [4.78, 5) is 8.35. The van der Waals surface area contributed by atoms with Crippen LogP contribution in [-0.2, 0) is 0 Å². The van der Waals surface area contributed by atoms with E-state index in [1.165, 1.54) is 38.4 Å². The summed E-state index contributed by atoms with van der Waals surface area (Å²) in [6.45, 7) is 4.45. The van der Waals surface area contributed by atoms with E-state index in [4.69, 9.17) is 5.73 Å². The number of aromatic nitrogens is 4. The zero-order valence-electron chi connectivity index (χ0n) is 12.5. The van der Waals surface area contributed by atoms with E-state index in [0.717, 1.165) is 23.9 Å². The van der Waals surface area contributed by atoms with Crippen molar-refractivity contribution in [2.24, 2.45) is 0 Å². The van der Waals surface area contributed by atoms with Gasteiger partial charge < -0.3 is 5.73 Å². The minimum Gasteiger partial charge on any atom is -0.383 e. The van der Waals surface area contributed by atoms with E-state index in [-0.39, 0.29) is 0 Å². The summed E-state index contributed by atoms with van der Waals surface area (Å²) >= 11 is 0. The maximum absolute atomic E-state index is 5.86. The lowest BCUT2D eigenvalue weighted by Crippen LogP contribution is -2.10. The Morgan fingerprint density at radius 2 is 1.95 bits per heavy atom. The minimum absolute atomic E-state index is 0.406. The van der Waals surface area contributed by atoms with Gasteiger partial charge in [-0.15, -0.1) is 0 Å². The molecule has 2 rings (SSSR count). The van der Waals surface area contributed by atoms with Gasteiger partial charge in [0.15, 0.2) is 5.65 Å². The molecule has 0 aliphatic heterocycles. The first kappa shape index (κ1) is 14.8. The summed E-state index contributed by atoms with van der Waals surface area (Å²) in [6, 6.07) is 0.406. The summed E-state index contributed by atoms with van der Waals surface area (Å²) in [5.41, 5.74) is 6.72. The van der Waals surface area contributed by atoms with E-state index in [1.807, 2.05) is 4.68 Å². The summed E-state index contributed by atoms with van der Waals surface area (Å²) in [5, 5.41) is 5.33. The highest BCUT2D eigenvalue weighted by molar-refractivity contribution is 5.84. The Bertz CT molecular complexity index is 534. The third kappa shape index (κ3) is 3.26. The zero-order valence-corrected chi connectivity index (χ0v) is 12.5. The van der Waals surface area contributed by atoms with Crippen LogP contribution in [0.5, 0.6) is 0 Å². The first-order chi connectivity index (χ1) is 9.77. The van der Waals surface area contributed by atoms with E-state index in [0.29, 0.717) is 11.9 Å². The fourth-order valence-electron chi connectivity index (χ4n) is 2.63. The van der Waals surface area contributed by atoms with Crippen LogP contribution in [-0.4, -0.2) is 19.7 Å². The standard InChI is InChI=1S/C15H25N5/c1-3-5-6-7-8-9-12(4-2)20-15-13(10-19-20)14(16)17-11-18-15/h10-12H,3-9H2,1-2H3,(H2,16,17,18). The summed E-state index contributed by atoms with van der Waals surface area (Å²) < 4.78 is 2.02. The van der Waals surface area contributed by atoms with Crippen LogP contribution in [0.25, 0.3) is 11.0 Å². The Balaban J connectivity index is 2.04. The predicted octanol–water partition coefficient (Wildman–Crippen LogP) is 3.72. The summed E-state index contributed by atoms with van der Waals surface area (Å²) in [7, 11) is 0. The molecule has 2 N–H and O–H groups in total. The molecule has 2 aromatic rings. The number of hydrogen-bond acceptors (Lipinski definition) is 4. The van der Waals surface area contributed by atoms with E-state index in [9.17, 15) is 0 Å². The molecule has 110 valence electrons. The molecule has 0 amide bonds. The van der Waals surface area contributed by atoms with Gasteiger partial charge in [-0.25, -0.2) is 14.6 Å². The highest BCUT2D eigenvalue weighted by Gasteiger charge is 2.15. The Labute approximate surface area is 120 Å². The molecule has 0 saturated carbocycles. The van der Waals surface area contributed by atoms with Crippen molar-refractivity contribution < 1.29 is 0 Å². The van der Waals surface area contributed by atoms with Crippen LogP contribution in [0.3, 0.4) is 0 Å². The first-order valence-electron chi connectivity index (χ1n) is 7.71. The lowest BCUT2D eigenvalue weighted by atomic mass is 10.0. The number of rotatable bonds is 8. The number of nitrogens with zero attached hydrogens (tertiary/aromatic N) is 4. The number of anilines is 1. The average molecular weight is 275 g/mol. The van der Waals surface area contributed by atoms with Crippen molar-refractivity contribution in [1.29, 1.82) is 0 Å². The van der Waals surface area contributed by atoms with Gasteiger partial charge in [0, 0.05) is 0 Å². The monoisotopic (exact) mass is 275 g/mol. The Hall–Kier alpha value is -1.65. The van der Waals surface area contributed by atoms with Gasteiger partial charge in [0.25, 0.3) is 0 Å². The molecule has 0 aliphatic carbocycles. The Morgan fingerprint density at radius 3 is 2.70 bits per heavy atom. The molecule has 2 heterocycles. The lowest BCUT2D eigenvalue weighted by molar-refractivity contribution is 0.402. The molecule has 2 aromatic heterocycles. The topological polar surface area (TPSA) is 69.6 Å². The van der Waals surface area contributed by atoms with Crippen LogP contribution in [0.1, 0.15) is 64.8 Å². The van der Waals surface area contributed by atoms with E-state index >= 15 is 0 Å². The highest BCUT2D eigenvalue weighted by Crippen LogP contribution is 2.25. The van der Waals surface area contributed by atoms with Crippen molar-refractivity contribution in [3.63, 3.8) is 0 Å². The van der Waals surface area contributed by atoms with E-state index in [2.05, 4.69) is 28.9 Å². The fraction of sp³-hybridized carbons (Fsp3) is 0.667. The quantitative estimate of drug-likeness (QED) is 0.745. The van der Waals surface area contributed by atoms with Gasteiger partial charge in [-0.1, -0.05) is 46.0 Å². The molecule has 5 nitrogen and oxygen atoms in total. The normalized spacial score (nSPS) is 12.9. The van der Waals surface area contributed by atoms with Crippen LogP contribution in [0, 0.1) is 0 Å². The molecule has 0 bridgehead atoms. The maximum Gasteiger partial charge on any atom is 0.163 e. The molecule has 20 heavy (non-hydrogen) atoms. The third-order valence-corrected chi connectivity index (χ3v) is 3.88. The van der Waals surface area contributed by atoms with Crippen molar-refractivity contribution in [3.8, 4) is 0 Å². The van der Waals surface area contributed by atoms with Crippen LogP contribution in [0.15, 0.2) is 12.5 Å². The number of unbranched alkanes of at least 4 members (excludes halogenated alkanes) is 4. The van der Waals surface area contributed by atoms with Gasteiger partial charge in [-0.2, -0.15) is 5.10 Å². The smallest absolute Gasteiger partial charge is 0.163 e. The molecule has 5 heteroatoms. The summed E-state index contributed by atoms with van der Waals surface area (Å²) in [5.74, 6) is 0.513. The van der Waals surface area contributed by atoms with Crippen molar-refractivity contribution in [2.75, 3.05) is 5.73 Å². The van der Waals surface area contributed by atoms with Crippen molar-refractivity contribution in [3.05, 3.63) is 12.5 Å². The lowest BCUT2D eigenvalue weighted by Gasteiger charge is -2.16. The molecule has 1 atom stereocenters. The van der Waals surface area contributed by atoms with E-state index in [1.54, 1.807) is 6.20 Å². The SMILES string of the molecule is CCCCCCCC(CC)n1ncc2c(N)ncnc21. The number of nitrogens with two attached hydrogens (primary N) is 1. The van der Waals surface area contributed by atoms with Crippen LogP contribution in [0.4, 0.5) is 5.82 Å². The summed E-state index contributed by atoms with van der Waals surface area (Å²) in [6.07, 6.45) is 12.0. The maximum atomic E-state index is 5.86. The molecule has 0 radical (unpaired) electrons. The van der Waals surface area contributed by atoms with Crippen LogP contribution in [0.2, 0.25) is 0 Å². The number of fused-ring (bicyclic) bond motifs is 1. The van der Waals surface area contributed by atoms with Crippen LogP contribution >= 0.6 is 0 Å². The largest absolute Gasteiger partial charge is 0.383 e. The Morgan fingerprint density at radius 1 is 1.15 bits per heavy atom. The second-order valence-electron chi connectivity index (χ2n) is 5.35. The van der Waals surface area contributed by atoms with Crippen LogP contribution < -0.4 is 5.73 Å². The van der Waals surface area contributed by atoms with Gasteiger partial charge in [0.1, 0.15) is 12.1 Å².